The number of carbonyl (C=O) groups excluding carboxylic acids is 1. The van der Waals surface area contributed by atoms with Crippen molar-refractivity contribution >= 4 is 17.7 Å². The van der Waals surface area contributed by atoms with E-state index >= 15 is 0 Å². The standard InChI is InChI=1S/C24H27N3O4/c1-4-27-17-19(31-21-8-6-5-7-20(21)27)16-26(2)24(28)12-10-18-9-11-22(30-14-13-25)23(15-18)29-3/h5-12,15,19H,4,14,16-17H2,1-3H3/b12-10+/t19-/m0/s1. The molecular weight excluding hydrogens is 394 g/mol. The smallest absolute Gasteiger partial charge is 0.246 e. The van der Waals surface area contributed by atoms with Crippen molar-refractivity contribution in [1.29, 1.82) is 5.26 Å². The molecule has 1 atom stereocenters. The normalized spacial score (nSPS) is 15.0. The number of nitriles is 1. The third kappa shape index (κ3) is 5.48. The van der Waals surface area contributed by atoms with Crippen LogP contribution in [-0.4, -0.2) is 57.3 Å². The number of likely N-dealkylation sites (N-methyl/N-ethyl adjacent to an activating group) is 2. The average Bonchev–Trinajstić information content (AvgIpc) is 2.80. The summed E-state index contributed by atoms with van der Waals surface area (Å²) in [6, 6.07) is 15.2. The first-order valence-corrected chi connectivity index (χ1v) is 10.2. The van der Waals surface area contributed by atoms with Crippen LogP contribution < -0.4 is 19.1 Å². The molecule has 31 heavy (non-hydrogen) atoms. The molecule has 0 saturated heterocycles. The molecule has 0 bridgehead atoms. The van der Waals surface area contributed by atoms with E-state index in [1.54, 1.807) is 36.2 Å². The Morgan fingerprint density at radius 1 is 1.32 bits per heavy atom. The number of ether oxygens (including phenoxy) is 3. The quantitative estimate of drug-likeness (QED) is 0.609. The number of hydrogen-bond donors (Lipinski definition) is 0. The molecule has 1 heterocycles. The van der Waals surface area contributed by atoms with Crippen LogP contribution in [0, 0.1) is 11.3 Å². The molecule has 162 valence electrons. The van der Waals surface area contributed by atoms with E-state index < -0.39 is 0 Å². The monoisotopic (exact) mass is 421 g/mol. The summed E-state index contributed by atoms with van der Waals surface area (Å²) < 4.78 is 16.7. The molecule has 7 nitrogen and oxygen atoms in total. The minimum atomic E-state index is -0.116. The molecule has 2 aromatic carbocycles. The number of amides is 1. The van der Waals surface area contributed by atoms with Crippen LogP contribution in [0.1, 0.15) is 12.5 Å². The Morgan fingerprint density at radius 3 is 2.87 bits per heavy atom. The first-order chi connectivity index (χ1) is 15.0. The Hall–Kier alpha value is -3.66. The molecule has 1 aliphatic rings. The van der Waals surface area contributed by atoms with E-state index in [0.717, 1.165) is 30.1 Å². The summed E-state index contributed by atoms with van der Waals surface area (Å²) in [7, 11) is 3.30. The summed E-state index contributed by atoms with van der Waals surface area (Å²) in [5.74, 6) is 1.73. The fourth-order valence-electron chi connectivity index (χ4n) is 3.48. The molecular formula is C24H27N3O4. The highest BCUT2D eigenvalue weighted by Gasteiger charge is 2.26. The number of hydrogen-bond acceptors (Lipinski definition) is 6. The van der Waals surface area contributed by atoms with Gasteiger partial charge in [0.1, 0.15) is 17.9 Å². The summed E-state index contributed by atoms with van der Waals surface area (Å²) in [6.45, 7) is 4.15. The number of para-hydroxylation sites is 2. The third-order valence-corrected chi connectivity index (χ3v) is 5.06. The van der Waals surface area contributed by atoms with Gasteiger partial charge in [-0.15, -0.1) is 0 Å². The van der Waals surface area contributed by atoms with Crippen LogP contribution in [0.4, 0.5) is 5.69 Å². The van der Waals surface area contributed by atoms with E-state index in [1.807, 2.05) is 24.3 Å². The summed E-state index contributed by atoms with van der Waals surface area (Å²) >= 11 is 0. The van der Waals surface area contributed by atoms with Crippen LogP contribution in [0.2, 0.25) is 0 Å². The Balaban J connectivity index is 1.62. The lowest BCUT2D eigenvalue weighted by Gasteiger charge is -2.37. The number of benzene rings is 2. The van der Waals surface area contributed by atoms with E-state index in [9.17, 15) is 4.79 Å². The van der Waals surface area contributed by atoms with Crippen LogP contribution in [0.15, 0.2) is 48.5 Å². The molecule has 2 aromatic rings. The molecule has 7 heteroatoms. The number of nitrogens with zero attached hydrogens (tertiary/aromatic N) is 3. The highest BCUT2D eigenvalue weighted by molar-refractivity contribution is 5.91. The van der Waals surface area contributed by atoms with E-state index in [4.69, 9.17) is 19.5 Å². The number of carbonyl (C=O) groups is 1. The highest BCUT2D eigenvalue weighted by atomic mass is 16.5. The van der Waals surface area contributed by atoms with Gasteiger partial charge in [0.25, 0.3) is 0 Å². The highest BCUT2D eigenvalue weighted by Crippen LogP contribution is 2.33. The predicted molar refractivity (Wildman–Crippen MR) is 120 cm³/mol. The molecule has 1 amide bonds. The van der Waals surface area contributed by atoms with Gasteiger partial charge in [-0.25, -0.2) is 0 Å². The van der Waals surface area contributed by atoms with Crippen LogP contribution >= 0.6 is 0 Å². The molecule has 0 aromatic heterocycles. The molecule has 0 spiro atoms. The minimum absolute atomic E-state index is 0.0575. The molecule has 0 aliphatic carbocycles. The Morgan fingerprint density at radius 2 is 2.13 bits per heavy atom. The number of fused-ring (bicyclic) bond motifs is 1. The van der Waals surface area contributed by atoms with Crippen LogP contribution in [0.3, 0.4) is 0 Å². The predicted octanol–water partition coefficient (Wildman–Crippen LogP) is 3.36. The third-order valence-electron chi connectivity index (χ3n) is 5.06. The van der Waals surface area contributed by atoms with Gasteiger partial charge in [0, 0.05) is 19.7 Å². The number of methoxy groups -OCH3 is 1. The van der Waals surface area contributed by atoms with Gasteiger partial charge in [0.15, 0.2) is 18.1 Å². The topological polar surface area (TPSA) is 75.0 Å². The minimum Gasteiger partial charge on any atom is -0.493 e. The van der Waals surface area contributed by atoms with Crippen LogP contribution in [0.5, 0.6) is 17.2 Å². The Bertz CT molecular complexity index is 983. The number of rotatable bonds is 8. The first kappa shape index (κ1) is 22.0. The zero-order valence-electron chi connectivity index (χ0n) is 18.1. The number of anilines is 1. The lowest BCUT2D eigenvalue weighted by Crippen LogP contribution is -2.46. The van der Waals surface area contributed by atoms with E-state index in [0.29, 0.717) is 18.0 Å². The van der Waals surface area contributed by atoms with Gasteiger partial charge < -0.3 is 24.0 Å². The van der Waals surface area contributed by atoms with E-state index in [-0.39, 0.29) is 18.6 Å². The first-order valence-electron chi connectivity index (χ1n) is 10.2. The maximum atomic E-state index is 12.6. The zero-order chi connectivity index (χ0) is 22.2. The van der Waals surface area contributed by atoms with E-state index in [2.05, 4.69) is 17.9 Å². The second kappa shape index (κ2) is 10.4. The Kier molecular flexibility index (Phi) is 7.39. The molecule has 0 saturated carbocycles. The van der Waals surface area contributed by atoms with Crippen LogP contribution in [-0.2, 0) is 4.79 Å². The van der Waals surface area contributed by atoms with Gasteiger partial charge in [0.2, 0.25) is 5.91 Å². The molecule has 3 rings (SSSR count). The van der Waals surface area contributed by atoms with Crippen molar-refractivity contribution in [3.8, 4) is 23.3 Å². The second-order valence-corrected chi connectivity index (χ2v) is 7.16. The fourth-order valence-corrected chi connectivity index (χ4v) is 3.48. The molecule has 0 fully saturated rings. The molecule has 0 unspecified atom stereocenters. The second-order valence-electron chi connectivity index (χ2n) is 7.16. The summed E-state index contributed by atoms with van der Waals surface area (Å²) in [4.78, 5) is 16.5. The van der Waals surface area contributed by atoms with Crippen molar-refractivity contribution in [3.05, 3.63) is 54.1 Å². The van der Waals surface area contributed by atoms with E-state index in [1.165, 1.54) is 13.2 Å². The van der Waals surface area contributed by atoms with Gasteiger partial charge >= 0.3 is 0 Å². The van der Waals surface area contributed by atoms with Crippen molar-refractivity contribution in [2.45, 2.75) is 13.0 Å². The maximum Gasteiger partial charge on any atom is 0.246 e. The maximum absolute atomic E-state index is 12.6. The lowest BCUT2D eigenvalue weighted by atomic mass is 10.1. The summed E-state index contributed by atoms with van der Waals surface area (Å²) in [5.41, 5.74) is 1.88. The lowest BCUT2D eigenvalue weighted by molar-refractivity contribution is -0.125. The SMILES string of the molecule is CCN1C[C@H](CN(C)C(=O)/C=C/c2ccc(OCC#N)c(OC)c2)Oc2ccccc21. The van der Waals surface area contributed by atoms with Crippen LogP contribution in [0.25, 0.3) is 6.08 Å². The molecule has 1 aliphatic heterocycles. The van der Waals surface area contributed by atoms with Gasteiger partial charge in [-0.2, -0.15) is 5.26 Å². The largest absolute Gasteiger partial charge is 0.493 e. The van der Waals surface area contributed by atoms with Crippen molar-refractivity contribution in [2.24, 2.45) is 0 Å². The molecule has 0 N–H and O–H groups in total. The van der Waals surface area contributed by atoms with Crippen molar-refractivity contribution in [3.63, 3.8) is 0 Å². The van der Waals surface area contributed by atoms with Gasteiger partial charge in [0.05, 0.1) is 25.9 Å². The molecule has 0 radical (unpaired) electrons. The van der Waals surface area contributed by atoms with Gasteiger partial charge in [-0.1, -0.05) is 18.2 Å². The van der Waals surface area contributed by atoms with Crippen molar-refractivity contribution in [1.82, 2.24) is 4.90 Å². The van der Waals surface area contributed by atoms with Gasteiger partial charge in [-0.05, 0) is 42.8 Å². The fraction of sp³-hybridized carbons (Fsp3) is 0.333. The van der Waals surface area contributed by atoms with Crippen molar-refractivity contribution in [2.75, 3.05) is 45.3 Å². The summed E-state index contributed by atoms with van der Waals surface area (Å²) in [6.07, 6.45) is 3.15. The van der Waals surface area contributed by atoms with Gasteiger partial charge in [-0.3, -0.25) is 4.79 Å². The average molecular weight is 421 g/mol. The zero-order valence-corrected chi connectivity index (χ0v) is 18.1. The van der Waals surface area contributed by atoms with Crippen molar-refractivity contribution < 1.29 is 19.0 Å². The Labute approximate surface area is 183 Å². The summed E-state index contributed by atoms with van der Waals surface area (Å²) in [5, 5.41) is 8.66.